The summed E-state index contributed by atoms with van der Waals surface area (Å²) in [5, 5.41) is 0. The zero-order chi connectivity index (χ0) is 12.8. The standard InChI is InChI=1S/C13H21N.C2H6/c1-12(2,3)10-13(4,5)11-8-6-7-9-14-11;1-2/h6-9H,10H2,1-5H3;1-2H3. The Hall–Kier alpha value is -0.850. The van der Waals surface area contributed by atoms with Crippen LogP contribution in [0.15, 0.2) is 24.4 Å². The maximum atomic E-state index is 4.43. The number of pyridine rings is 1. The first-order chi connectivity index (χ1) is 7.31. The van der Waals surface area contributed by atoms with E-state index in [1.807, 2.05) is 26.1 Å². The van der Waals surface area contributed by atoms with Crippen LogP contribution in [0.25, 0.3) is 0 Å². The van der Waals surface area contributed by atoms with Crippen molar-refractivity contribution < 1.29 is 0 Å². The van der Waals surface area contributed by atoms with Crippen molar-refractivity contribution in [2.24, 2.45) is 5.41 Å². The summed E-state index contributed by atoms with van der Waals surface area (Å²) in [5.74, 6) is 0. The van der Waals surface area contributed by atoms with Crippen LogP contribution < -0.4 is 0 Å². The van der Waals surface area contributed by atoms with Gasteiger partial charge in [-0.05, 0) is 24.0 Å². The molecule has 0 atom stereocenters. The predicted molar refractivity (Wildman–Crippen MR) is 72.7 cm³/mol. The van der Waals surface area contributed by atoms with Crippen molar-refractivity contribution in [3.63, 3.8) is 0 Å². The van der Waals surface area contributed by atoms with Crippen molar-refractivity contribution in [1.82, 2.24) is 4.98 Å². The van der Waals surface area contributed by atoms with Crippen LogP contribution in [0.1, 0.15) is 60.6 Å². The van der Waals surface area contributed by atoms with Crippen LogP contribution >= 0.6 is 0 Å². The van der Waals surface area contributed by atoms with Gasteiger partial charge >= 0.3 is 0 Å². The van der Waals surface area contributed by atoms with Crippen LogP contribution in [0.2, 0.25) is 0 Å². The Bertz CT molecular complexity index is 280. The molecule has 0 saturated carbocycles. The second-order valence-corrected chi connectivity index (χ2v) is 5.84. The fraction of sp³-hybridized carbons (Fsp3) is 0.667. The summed E-state index contributed by atoms with van der Waals surface area (Å²) in [6.45, 7) is 15.4. The Morgan fingerprint density at radius 3 is 1.94 bits per heavy atom. The SMILES string of the molecule is CC.CC(C)(C)CC(C)(C)c1ccccn1. The van der Waals surface area contributed by atoms with Crippen molar-refractivity contribution in [3.05, 3.63) is 30.1 Å². The van der Waals surface area contributed by atoms with Gasteiger partial charge in [0, 0.05) is 17.3 Å². The first kappa shape index (κ1) is 15.2. The smallest absolute Gasteiger partial charge is 0.0459 e. The van der Waals surface area contributed by atoms with E-state index in [4.69, 9.17) is 0 Å². The van der Waals surface area contributed by atoms with Gasteiger partial charge in [-0.3, -0.25) is 4.98 Å². The highest BCUT2D eigenvalue weighted by molar-refractivity contribution is 5.14. The molecule has 0 bridgehead atoms. The number of nitrogens with zero attached hydrogens (tertiary/aromatic N) is 1. The largest absolute Gasteiger partial charge is 0.261 e. The van der Waals surface area contributed by atoms with Crippen molar-refractivity contribution in [1.29, 1.82) is 0 Å². The topological polar surface area (TPSA) is 12.9 Å². The van der Waals surface area contributed by atoms with Crippen LogP contribution in [0.5, 0.6) is 0 Å². The number of hydrogen-bond acceptors (Lipinski definition) is 1. The lowest BCUT2D eigenvalue weighted by Gasteiger charge is -2.31. The third kappa shape index (κ3) is 5.29. The Morgan fingerprint density at radius 1 is 1.00 bits per heavy atom. The second kappa shape index (κ2) is 6.03. The lowest BCUT2D eigenvalue weighted by molar-refractivity contribution is 0.280. The monoisotopic (exact) mass is 221 g/mol. The zero-order valence-corrected chi connectivity index (χ0v) is 12.0. The third-order valence-electron chi connectivity index (χ3n) is 2.33. The molecular formula is C15H27N. The van der Waals surface area contributed by atoms with E-state index in [2.05, 4.69) is 51.7 Å². The van der Waals surface area contributed by atoms with Gasteiger partial charge in [-0.25, -0.2) is 0 Å². The van der Waals surface area contributed by atoms with Crippen LogP contribution in [0.3, 0.4) is 0 Å². The molecule has 1 nitrogen and oxygen atoms in total. The van der Waals surface area contributed by atoms with E-state index < -0.39 is 0 Å². The minimum Gasteiger partial charge on any atom is -0.261 e. The molecule has 0 fully saturated rings. The van der Waals surface area contributed by atoms with Crippen LogP contribution in [0, 0.1) is 5.41 Å². The minimum atomic E-state index is 0.166. The molecule has 0 N–H and O–H groups in total. The average molecular weight is 221 g/mol. The Balaban J connectivity index is 0.00000106. The molecule has 0 aromatic carbocycles. The van der Waals surface area contributed by atoms with E-state index in [1.165, 1.54) is 5.69 Å². The molecule has 92 valence electrons. The fourth-order valence-electron chi connectivity index (χ4n) is 2.18. The summed E-state index contributed by atoms with van der Waals surface area (Å²) in [6, 6.07) is 6.15. The van der Waals surface area contributed by atoms with Crippen molar-refractivity contribution in [2.45, 2.75) is 60.3 Å². The Kier molecular flexibility index (Phi) is 5.71. The van der Waals surface area contributed by atoms with Gasteiger partial charge in [-0.15, -0.1) is 0 Å². The molecule has 16 heavy (non-hydrogen) atoms. The van der Waals surface area contributed by atoms with E-state index in [0.29, 0.717) is 5.41 Å². The first-order valence-corrected chi connectivity index (χ1v) is 6.23. The summed E-state index contributed by atoms with van der Waals surface area (Å²) in [4.78, 5) is 4.43. The lowest BCUT2D eigenvalue weighted by atomic mass is 9.74. The number of hydrogen-bond donors (Lipinski definition) is 0. The molecular weight excluding hydrogens is 194 g/mol. The van der Waals surface area contributed by atoms with Gasteiger partial charge < -0.3 is 0 Å². The van der Waals surface area contributed by atoms with Gasteiger partial charge in [0.05, 0.1) is 0 Å². The van der Waals surface area contributed by atoms with Crippen LogP contribution in [-0.2, 0) is 5.41 Å². The molecule has 1 rings (SSSR count). The predicted octanol–water partition coefficient (Wildman–Crippen LogP) is 4.82. The second-order valence-electron chi connectivity index (χ2n) is 5.84. The summed E-state index contributed by atoms with van der Waals surface area (Å²) in [7, 11) is 0. The molecule has 1 heteroatoms. The number of rotatable bonds is 2. The molecule has 0 aliphatic rings. The highest BCUT2D eigenvalue weighted by atomic mass is 14.7. The van der Waals surface area contributed by atoms with Crippen molar-refractivity contribution in [3.8, 4) is 0 Å². The molecule has 0 unspecified atom stereocenters. The van der Waals surface area contributed by atoms with Gasteiger partial charge in [-0.2, -0.15) is 0 Å². The molecule has 0 aliphatic carbocycles. The Labute approximate surface area is 101 Å². The van der Waals surface area contributed by atoms with E-state index in [-0.39, 0.29) is 5.41 Å². The summed E-state index contributed by atoms with van der Waals surface area (Å²) >= 11 is 0. The quantitative estimate of drug-likeness (QED) is 0.697. The lowest BCUT2D eigenvalue weighted by Crippen LogP contribution is -2.25. The minimum absolute atomic E-state index is 0.166. The number of aromatic nitrogens is 1. The molecule has 1 aromatic rings. The van der Waals surface area contributed by atoms with Crippen LogP contribution in [-0.4, -0.2) is 4.98 Å². The average Bonchev–Trinajstić information content (AvgIpc) is 2.19. The zero-order valence-electron chi connectivity index (χ0n) is 12.0. The fourth-order valence-corrected chi connectivity index (χ4v) is 2.18. The summed E-state index contributed by atoms with van der Waals surface area (Å²) in [5.41, 5.74) is 1.70. The molecule has 0 saturated heterocycles. The van der Waals surface area contributed by atoms with Gasteiger partial charge in [-0.1, -0.05) is 54.5 Å². The highest BCUT2D eigenvalue weighted by Gasteiger charge is 2.27. The first-order valence-electron chi connectivity index (χ1n) is 6.23. The van der Waals surface area contributed by atoms with Gasteiger partial charge in [0.25, 0.3) is 0 Å². The maximum absolute atomic E-state index is 4.43. The van der Waals surface area contributed by atoms with Gasteiger partial charge in [0.15, 0.2) is 0 Å². The Morgan fingerprint density at radius 2 is 1.56 bits per heavy atom. The van der Waals surface area contributed by atoms with E-state index in [0.717, 1.165) is 6.42 Å². The van der Waals surface area contributed by atoms with Crippen LogP contribution in [0.4, 0.5) is 0 Å². The molecule has 1 heterocycles. The highest BCUT2D eigenvalue weighted by Crippen LogP contribution is 2.34. The molecule has 1 aromatic heterocycles. The maximum Gasteiger partial charge on any atom is 0.0459 e. The van der Waals surface area contributed by atoms with Gasteiger partial charge in [0.1, 0.15) is 0 Å². The summed E-state index contributed by atoms with van der Waals surface area (Å²) in [6.07, 6.45) is 3.02. The van der Waals surface area contributed by atoms with E-state index in [1.54, 1.807) is 0 Å². The molecule has 0 spiro atoms. The van der Waals surface area contributed by atoms with E-state index >= 15 is 0 Å². The normalized spacial score (nSPS) is 11.7. The molecule has 0 amide bonds. The van der Waals surface area contributed by atoms with Gasteiger partial charge in [0.2, 0.25) is 0 Å². The molecule has 0 aliphatic heterocycles. The molecule has 0 radical (unpaired) electrons. The third-order valence-corrected chi connectivity index (χ3v) is 2.33. The van der Waals surface area contributed by atoms with E-state index in [9.17, 15) is 0 Å². The summed E-state index contributed by atoms with van der Waals surface area (Å²) < 4.78 is 0. The van der Waals surface area contributed by atoms with Crippen molar-refractivity contribution in [2.75, 3.05) is 0 Å². The van der Waals surface area contributed by atoms with Crippen molar-refractivity contribution >= 4 is 0 Å².